The molecule has 0 radical (unpaired) electrons. The molecule has 0 fully saturated rings. The van der Waals surface area contributed by atoms with Gasteiger partial charge in [-0.05, 0) is 30.7 Å². The van der Waals surface area contributed by atoms with Crippen molar-refractivity contribution in [2.45, 2.75) is 11.8 Å². The van der Waals surface area contributed by atoms with E-state index in [1.54, 1.807) is 61.5 Å². The number of nitrogens with one attached hydrogen (secondary N) is 1. The quantitative estimate of drug-likeness (QED) is 0.614. The minimum atomic E-state index is -3.65. The van der Waals surface area contributed by atoms with Gasteiger partial charge >= 0.3 is 0 Å². The van der Waals surface area contributed by atoms with Crippen molar-refractivity contribution in [3.63, 3.8) is 0 Å². The Labute approximate surface area is 176 Å². The highest BCUT2D eigenvalue weighted by molar-refractivity contribution is 7.89. The number of carbonyl (C=O) groups is 2. The normalized spacial score (nSPS) is 11.3. The van der Waals surface area contributed by atoms with Crippen molar-refractivity contribution in [1.82, 2.24) is 4.31 Å². The fraction of sp³-hybridized carbons (Fsp3) is 0.130. The van der Waals surface area contributed by atoms with Crippen LogP contribution in [0.5, 0.6) is 0 Å². The Kier molecular flexibility index (Phi) is 6.14. The molecule has 0 unspecified atom stereocenters. The summed E-state index contributed by atoms with van der Waals surface area (Å²) in [7, 11) is -0.760. The first-order valence-electron chi connectivity index (χ1n) is 9.25. The van der Waals surface area contributed by atoms with Gasteiger partial charge in [-0.15, -0.1) is 0 Å². The number of ketones is 1. The van der Waals surface area contributed by atoms with E-state index in [1.165, 1.54) is 26.2 Å². The van der Waals surface area contributed by atoms with E-state index in [0.29, 0.717) is 16.8 Å². The minimum absolute atomic E-state index is 0.0713. The Morgan fingerprint density at radius 1 is 0.833 bits per heavy atom. The van der Waals surface area contributed by atoms with E-state index in [4.69, 9.17) is 0 Å². The van der Waals surface area contributed by atoms with E-state index in [9.17, 15) is 18.0 Å². The molecule has 3 aromatic carbocycles. The Balaban J connectivity index is 1.96. The summed E-state index contributed by atoms with van der Waals surface area (Å²) >= 11 is 0. The molecular formula is C23H22N2O4S. The fourth-order valence-corrected chi connectivity index (χ4v) is 3.85. The molecule has 1 amide bonds. The Hall–Kier alpha value is -3.29. The summed E-state index contributed by atoms with van der Waals surface area (Å²) in [6, 6.07) is 19.8. The van der Waals surface area contributed by atoms with Crippen molar-refractivity contribution < 1.29 is 18.0 Å². The first-order valence-corrected chi connectivity index (χ1v) is 10.7. The smallest absolute Gasteiger partial charge is 0.256 e. The predicted octanol–water partition coefficient (Wildman–Crippen LogP) is 3.73. The second-order valence-electron chi connectivity index (χ2n) is 6.96. The van der Waals surface area contributed by atoms with Gasteiger partial charge in [0, 0.05) is 30.9 Å². The van der Waals surface area contributed by atoms with Crippen molar-refractivity contribution >= 4 is 27.4 Å². The van der Waals surface area contributed by atoms with Crippen molar-refractivity contribution in [1.29, 1.82) is 0 Å². The molecule has 0 saturated carbocycles. The largest absolute Gasteiger partial charge is 0.322 e. The molecule has 1 N–H and O–H groups in total. The third-order valence-corrected chi connectivity index (χ3v) is 6.50. The van der Waals surface area contributed by atoms with Crippen LogP contribution in [-0.2, 0) is 10.0 Å². The molecule has 0 aliphatic carbocycles. The first-order chi connectivity index (χ1) is 14.2. The monoisotopic (exact) mass is 422 g/mol. The van der Waals surface area contributed by atoms with Crippen molar-refractivity contribution in [3.05, 3.63) is 95.1 Å². The number of sulfonamides is 1. The molecule has 3 rings (SSSR count). The van der Waals surface area contributed by atoms with Gasteiger partial charge in [-0.3, -0.25) is 9.59 Å². The molecule has 3 aromatic rings. The molecule has 0 aliphatic heterocycles. The lowest BCUT2D eigenvalue weighted by molar-refractivity contribution is 0.0996. The lowest BCUT2D eigenvalue weighted by atomic mass is 9.98. The van der Waals surface area contributed by atoms with Gasteiger partial charge in [0.15, 0.2) is 5.78 Å². The second kappa shape index (κ2) is 8.61. The highest BCUT2D eigenvalue weighted by Crippen LogP contribution is 2.23. The van der Waals surface area contributed by atoms with Crippen molar-refractivity contribution in [2.24, 2.45) is 0 Å². The lowest BCUT2D eigenvalue weighted by Crippen LogP contribution is -2.23. The van der Waals surface area contributed by atoms with Crippen molar-refractivity contribution in [3.8, 4) is 0 Å². The van der Waals surface area contributed by atoms with Crippen LogP contribution in [0.3, 0.4) is 0 Å². The molecule has 0 aliphatic rings. The number of rotatable bonds is 6. The first kappa shape index (κ1) is 21.4. The molecule has 0 saturated heterocycles. The van der Waals surface area contributed by atoms with E-state index in [2.05, 4.69) is 5.32 Å². The number of benzene rings is 3. The third kappa shape index (κ3) is 4.32. The molecule has 0 heterocycles. The Morgan fingerprint density at radius 3 is 2.07 bits per heavy atom. The number of anilines is 1. The maximum atomic E-state index is 13.0. The van der Waals surface area contributed by atoms with Crippen LogP contribution >= 0.6 is 0 Å². The highest BCUT2D eigenvalue weighted by atomic mass is 32.2. The van der Waals surface area contributed by atoms with Gasteiger partial charge in [0.25, 0.3) is 5.91 Å². The number of amides is 1. The molecule has 0 bridgehead atoms. The van der Waals surface area contributed by atoms with E-state index < -0.39 is 15.9 Å². The SMILES string of the molecule is Cc1ccc(S(=O)(=O)N(C)C)cc1NC(=O)c1ccccc1C(=O)c1ccccc1. The highest BCUT2D eigenvalue weighted by Gasteiger charge is 2.21. The average Bonchev–Trinajstić information content (AvgIpc) is 2.75. The van der Waals surface area contributed by atoms with Gasteiger partial charge in [0.05, 0.1) is 10.5 Å². The summed E-state index contributed by atoms with van der Waals surface area (Å²) < 4.78 is 25.9. The van der Waals surface area contributed by atoms with Gasteiger partial charge in [-0.1, -0.05) is 54.6 Å². The number of carbonyl (C=O) groups excluding carboxylic acids is 2. The maximum absolute atomic E-state index is 13.0. The van der Waals surface area contributed by atoms with E-state index in [1.807, 2.05) is 6.07 Å². The van der Waals surface area contributed by atoms with E-state index in [0.717, 1.165) is 4.31 Å². The van der Waals surface area contributed by atoms with Gasteiger partial charge in [0.2, 0.25) is 10.0 Å². The van der Waals surface area contributed by atoms with E-state index in [-0.39, 0.29) is 21.8 Å². The van der Waals surface area contributed by atoms with E-state index >= 15 is 0 Å². The third-order valence-electron chi connectivity index (χ3n) is 4.69. The molecule has 0 spiro atoms. The van der Waals surface area contributed by atoms with Crippen LogP contribution in [0, 0.1) is 6.92 Å². The van der Waals surface area contributed by atoms with Crippen LogP contribution in [0.25, 0.3) is 0 Å². The van der Waals surface area contributed by atoms with Gasteiger partial charge in [-0.2, -0.15) is 0 Å². The Morgan fingerprint density at radius 2 is 1.43 bits per heavy atom. The lowest BCUT2D eigenvalue weighted by Gasteiger charge is -2.15. The van der Waals surface area contributed by atoms with Crippen LogP contribution in [0.4, 0.5) is 5.69 Å². The zero-order valence-electron chi connectivity index (χ0n) is 16.9. The van der Waals surface area contributed by atoms with Crippen LogP contribution in [-0.4, -0.2) is 38.5 Å². The number of aryl methyl sites for hydroxylation is 1. The van der Waals surface area contributed by atoms with Gasteiger partial charge in [0.1, 0.15) is 0 Å². The maximum Gasteiger partial charge on any atom is 0.256 e. The van der Waals surface area contributed by atoms with Gasteiger partial charge < -0.3 is 5.32 Å². The summed E-state index contributed by atoms with van der Waals surface area (Å²) in [6.45, 7) is 1.77. The van der Waals surface area contributed by atoms with Crippen LogP contribution in [0.2, 0.25) is 0 Å². The number of nitrogens with zero attached hydrogens (tertiary/aromatic N) is 1. The van der Waals surface area contributed by atoms with Crippen LogP contribution in [0.1, 0.15) is 31.8 Å². The zero-order chi connectivity index (χ0) is 21.9. The molecule has 0 atom stereocenters. The predicted molar refractivity (Wildman–Crippen MR) is 116 cm³/mol. The molecular weight excluding hydrogens is 400 g/mol. The minimum Gasteiger partial charge on any atom is -0.322 e. The molecule has 6 nitrogen and oxygen atoms in total. The molecule has 30 heavy (non-hydrogen) atoms. The molecule has 154 valence electrons. The summed E-state index contributed by atoms with van der Waals surface area (Å²) in [5, 5.41) is 2.75. The van der Waals surface area contributed by atoms with Gasteiger partial charge in [-0.25, -0.2) is 12.7 Å². The Bertz CT molecular complexity index is 1200. The van der Waals surface area contributed by atoms with Crippen molar-refractivity contribution in [2.75, 3.05) is 19.4 Å². The summed E-state index contributed by atoms with van der Waals surface area (Å²) in [5.74, 6) is -0.751. The zero-order valence-corrected chi connectivity index (χ0v) is 17.7. The fourth-order valence-electron chi connectivity index (χ4n) is 2.92. The number of hydrogen-bond acceptors (Lipinski definition) is 4. The average molecular weight is 423 g/mol. The number of hydrogen-bond donors (Lipinski definition) is 1. The summed E-state index contributed by atoms with van der Waals surface area (Å²) in [4.78, 5) is 26.0. The molecule has 7 heteroatoms. The molecule has 0 aromatic heterocycles. The van der Waals surface area contributed by atoms with Crippen LogP contribution in [0.15, 0.2) is 77.7 Å². The summed E-state index contributed by atoms with van der Waals surface area (Å²) in [6.07, 6.45) is 0. The second-order valence-corrected chi connectivity index (χ2v) is 9.11. The topological polar surface area (TPSA) is 83.6 Å². The van der Waals surface area contributed by atoms with Crippen LogP contribution < -0.4 is 5.32 Å². The summed E-state index contributed by atoms with van der Waals surface area (Å²) in [5.41, 5.74) is 2.04. The standard InChI is InChI=1S/C23H22N2O4S/c1-16-13-14-18(30(28,29)25(2)3)15-21(16)24-23(27)20-12-8-7-11-19(20)22(26)17-9-5-4-6-10-17/h4-15H,1-3H3,(H,24,27).